The fraction of sp³-hybridized carbons (Fsp3) is 0.412. The van der Waals surface area contributed by atoms with E-state index in [0.29, 0.717) is 27.9 Å². The van der Waals surface area contributed by atoms with Gasteiger partial charge in [0.15, 0.2) is 0 Å². The number of carbonyl (C=O) groups excluding carboxylic acids is 4. The predicted molar refractivity (Wildman–Crippen MR) is 171 cm³/mol. The summed E-state index contributed by atoms with van der Waals surface area (Å²) in [6.45, 7) is 1.43. The zero-order chi connectivity index (χ0) is 32.6. The predicted octanol–water partition coefficient (Wildman–Crippen LogP) is 3.03. The van der Waals surface area contributed by atoms with Gasteiger partial charge in [-0.15, -0.1) is 0 Å². The van der Waals surface area contributed by atoms with Crippen LogP contribution in [-0.2, 0) is 28.7 Å². The van der Waals surface area contributed by atoms with Gasteiger partial charge in [0.2, 0.25) is 11.8 Å². The van der Waals surface area contributed by atoms with Crippen LogP contribution in [0.25, 0.3) is 0 Å². The second kappa shape index (κ2) is 13.0. The summed E-state index contributed by atoms with van der Waals surface area (Å²) in [5.41, 5.74) is -0.269. The summed E-state index contributed by atoms with van der Waals surface area (Å²) in [7, 11) is 1.55. The number of benzene rings is 2. The van der Waals surface area contributed by atoms with E-state index in [1.165, 1.54) is 9.80 Å². The van der Waals surface area contributed by atoms with Crippen molar-refractivity contribution in [3.63, 3.8) is 0 Å². The monoisotopic (exact) mass is 693 g/mol. The van der Waals surface area contributed by atoms with Crippen LogP contribution in [0.2, 0.25) is 0 Å². The van der Waals surface area contributed by atoms with Crippen LogP contribution in [0.15, 0.2) is 77.3 Å². The Balaban J connectivity index is 1.46. The van der Waals surface area contributed by atoms with Crippen LogP contribution in [0.5, 0.6) is 5.75 Å². The number of methoxy groups -OCH3 is 1. The Labute approximate surface area is 275 Å². The molecule has 0 saturated carbocycles. The first-order valence-electron chi connectivity index (χ1n) is 15.3. The smallest absolute Gasteiger partial charge is 0.313 e. The van der Waals surface area contributed by atoms with Gasteiger partial charge in [-0.05, 0) is 49.2 Å². The van der Waals surface area contributed by atoms with Crippen molar-refractivity contribution in [2.45, 2.75) is 49.7 Å². The first-order chi connectivity index (χ1) is 22.2. The second-order valence-corrected chi connectivity index (χ2v) is 12.8. The molecule has 2 saturated heterocycles. The molecule has 2 aromatic carbocycles. The Kier molecular flexibility index (Phi) is 9.04. The number of allylic oxidation sites excluding steroid dienone is 1. The first-order valence-corrected chi connectivity index (χ1v) is 16.1. The van der Waals surface area contributed by atoms with Gasteiger partial charge in [-0.2, -0.15) is 0 Å². The molecule has 4 heterocycles. The Hall–Kier alpha value is -4.00. The number of hydrogen-bond acceptors (Lipinski definition) is 8. The quantitative estimate of drug-likeness (QED) is 0.361. The second-order valence-electron chi connectivity index (χ2n) is 11.9. The average molecular weight is 695 g/mol. The normalized spacial score (nSPS) is 31.2. The van der Waals surface area contributed by atoms with Crippen LogP contribution < -0.4 is 15.0 Å². The third-order valence-corrected chi connectivity index (χ3v) is 9.85. The highest BCUT2D eigenvalue weighted by Crippen LogP contribution is 2.59. The van der Waals surface area contributed by atoms with Crippen molar-refractivity contribution in [1.29, 1.82) is 0 Å². The summed E-state index contributed by atoms with van der Waals surface area (Å²) in [6, 6.07) is 14.1. The maximum absolute atomic E-state index is 14.8. The van der Waals surface area contributed by atoms with Gasteiger partial charge < -0.3 is 34.4 Å². The molecule has 0 unspecified atom stereocenters. The Morgan fingerprint density at radius 1 is 1.07 bits per heavy atom. The maximum atomic E-state index is 14.8. The number of carbonyl (C=O) groups is 4. The van der Waals surface area contributed by atoms with Crippen LogP contribution in [-0.4, -0.2) is 84.3 Å². The van der Waals surface area contributed by atoms with Gasteiger partial charge in [0.1, 0.15) is 35.5 Å². The van der Waals surface area contributed by atoms with Crippen molar-refractivity contribution in [1.82, 2.24) is 10.2 Å². The first kappa shape index (κ1) is 32.0. The highest BCUT2D eigenvalue weighted by Gasteiger charge is 2.75. The number of nitrogens with zero attached hydrogens (tertiary/aromatic N) is 2. The molecule has 2 fully saturated rings. The Morgan fingerprint density at radius 2 is 1.80 bits per heavy atom. The lowest BCUT2D eigenvalue weighted by Gasteiger charge is -2.37. The summed E-state index contributed by atoms with van der Waals surface area (Å²) in [4.78, 5) is 59.0. The lowest BCUT2D eigenvalue weighted by molar-refractivity contribution is -0.160. The molecule has 0 radical (unpaired) electrons. The number of nitrogens with one attached hydrogen (secondary N) is 1. The molecule has 0 aromatic heterocycles. The molecule has 6 rings (SSSR count). The molecule has 12 heteroatoms. The number of hydrogen-bond donors (Lipinski definition) is 2. The zero-order valence-corrected chi connectivity index (χ0v) is 27.1. The van der Waals surface area contributed by atoms with E-state index in [1.807, 2.05) is 24.3 Å². The molecule has 2 aromatic rings. The van der Waals surface area contributed by atoms with E-state index in [1.54, 1.807) is 62.6 Å². The summed E-state index contributed by atoms with van der Waals surface area (Å²) in [5.74, 6) is -3.37. The molecule has 7 atom stereocenters. The third kappa shape index (κ3) is 5.52. The van der Waals surface area contributed by atoms with Gasteiger partial charge in [0, 0.05) is 23.1 Å². The number of esters is 1. The minimum Gasteiger partial charge on any atom is -0.497 e. The highest BCUT2D eigenvalue weighted by atomic mass is 79.9. The zero-order valence-electron chi connectivity index (χ0n) is 25.5. The number of halogens is 1. The summed E-state index contributed by atoms with van der Waals surface area (Å²) >= 11 is 3.56. The summed E-state index contributed by atoms with van der Waals surface area (Å²) < 4.78 is 18.5. The Morgan fingerprint density at radius 3 is 2.50 bits per heavy atom. The molecule has 2 N–H and O–H groups in total. The van der Waals surface area contributed by atoms with Crippen LogP contribution >= 0.6 is 15.9 Å². The van der Waals surface area contributed by atoms with E-state index in [9.17, 15) is 24.3 Å². The molecule has 5 bridgehead atoms. The molecule has 1 spiro atoms. The van der Waals surface area contributed by atoms with E-state index in [4.69, 9.17) is 14.2 Å². The largest absolute Gasteiger partial charge is 0.497 e. The molecular weight excluding hydrogens is 658 g/mol. The van der Waals surface area contributed by atoms with Crippen LogP contribution in [0.4, 0.5) is 5.69 Å². The number of fused-ring (bicyclic) bond motifs is 2. The van der Waals surface area contributed by atoms with Crippen LogP contribution in [0.1, 0.15) is 31.4 Å². The van der Waals surface area contributed by atoms with Crippen molar-refractivity contribution < 1.29 is 38.5 Å². The van der Waals surface area contributed by atoms with Gasteiger partial charge in [-0.25, -0.2) is 0 Å². The third-order valence-electron chi connectivity index (χ3n) is 9.17. The van der Waals surface area contributed by atoms with Crippen molar-refractivity contribution in [3.8, 4) is 5.75 Å². The van der Waals surface area contributed by atoms with Crippen molar-refractivity contribution >= 4 is 45.3 Å². The highest BCUT2D eigenvalue weighted by molar-refractivity contribution is 9.11. The summed E-state index contributed by atoms with van der Waals surface area (Å²) in [5, 5.41) is 13.1. The fourth-order valence-corrected chi connectivity index (χ4v) is 7.66. The van der Waals surface area contributed by atoms with Gasteiger partial charge >= 0.3 is 5.97 Å². The Bertz CT molecular complexity index is 1560. The van der Waals surface area contributed by atoms with Gasteiger partial charge in [-0.3, -0.25) is 19.2 Å². The standard InChI is InChI=1S/C34H36BrN3O8/c1-20(19-39)38-30-32(42)37(22-12-14-23(44-2)15-13-22)16-8-4-7-11-26(40)36-18-25(21-9-5-3-6-10-21)45-33(43)27-28(31(38)41)34(30)17-24(35)29(27)46-34/h3-6,8-10,12-15,17,20,25,27-30,39H,7,11,16,18-19H2,1-2H3,(H,36,40)/b8-4-/t20-,25+,27+,28-,29+,30+,34-/m1/s1. The lowest BCUT2D eigenvalue weighted by Crippen LogP contribution is -2.58. The van der Waals surface area contributed by atoms with E-state index in [-0.39, 0.29) is 25.4 Å². The van der Waals surface area contributed by atoms with E-state index in [0.717, 1.165) is 0 Å². The molecule has 4 aliphatic rings. The molecule has 46 heavy (non-hydrogen) atoms. The SMILES string of the molecule is COc1ccc(N2C/C=C\CCC(=O)NC[C@@H](c3ccccc3)OC(=O)[C@@H]3[C@H]4O[C@@]5(C=C4Br)[C@H](C2=O)N([C@H](C)CO)C(=O)[C@@H]35)cc1. The number of ether oxygens (including phenoxy) is 3. The summed E-state index contributed by atoms with van der Waals surface area (Å²) in [6.07, 6.45) is 4.28. The van der Waals surface area contributed by atoms with Gasteiger partial charge in [-0.1, -0.05) is 58.4 Å². The molecule has 0 aliphatic carbocycles. The van der Waals surface area contributed by atoms with E-state index >= 15 is 0 Å². The topological polar surface area (TPSA) is 135 Å². The van der Waals surface area contributed by atoms with Gasteiger partial charge in [0.05, 0.1) is 32.2 Å². The number of cyclic esters (lactones) is 1. The fourth-order valence-electron chi connectivity index (χ4n) is 6.92. The number of rotatable bonds is 5. The number of anilines is 1. The average Bonchev–Trinajstić information content (AvgIpc) is 3.67. The molecule has 242 valence electrons. The minimum atomic E-state index is -1.50. The maximum Gasteiger partial charge on any atom is 0.313 e. The number of amides is 3. The number of aliphatic hydroxyl groups is 1. The molecule has 4 aliphatic heterocycles. The van der Waals surface area contributed by atoms with Crippen LogP contribution in [0, 0.1) is 11.8 Å². The van der Waals surface area contributed by atoms with Crippen LogP contribution in [0.3, 0.4) is 0 Å². The van der Waals surface area contributed by atoms with Crippen molar-refractivity contribution in [2.75, 3.05) is 31.7 Å². The van der Waals surface area contributed by atoms with E-state index in [2.05, 4.69) is 21.2 Å². The van der Waals surface area contributed by atoms with Crippen molar-refractivity contribution in [2.24, 2.45) is 11.8 Å². The number of likely N-dealkylation sites (tertiary alicyclic amines) is 1. The minimum absolute atomic E-state index is 0.0390. The molecule has 3 amide bonds. The van der Waals surface area contributed by atoms with Gasteiger partial charge in [0.25, 0.3) is 5.91 Å². The van der Waals surface area contributed by atoms with E-state index < -0.39 is 66.1 Å². The molecular formula is C34H36BrN3O8. The number of aliphatic hydroxyl groups excluding tert-OH is 1. The lowest BCUT2D eigenvalue weighted by atomic mass is 9.74. The molecule has 11 nitrogen and oxygen atoms in total. The van der Waals surface area contributed by atoms with Crippen molar-refractivity contribution in [3.05, 3.63) is 82.9 Å².